The molecule has 1 heterocycles. The molecule has 1 aromatic carbocycles. The van der Waals surface area contributed by atoms with Crippen molar-refractivity contribution in [3.8, 4) is 0 Å². The maximum absolute atomic E-state index is 13.2. The van der Waals surface area contributed by atoms with Crippen molar-refractivity contribution in [1.82, 2.24) is 15.5 Å². The third kappa shape index (κ3) is 4.01. The molecule has 2 atom stereocenters. The first-order valence-corrected chi connectivity index (χ1v) is 9.74. The number of hydrogen-bond acceptors (Lipinski definition) is 4. The summed E-state index contributed by atoms with van der Waals surface area (Å²) in [4.78, 5) is 38.6. The van der Waals surface area contributed by atoms with Crippen molar-refractivity contribution in [1.29, 1.82) is 0 Å². The Hall–Kier alpha value is -2.48. The second-order valence-electron chi connectivity index (χ2n) is 7.76. The van der Waals surface area contributed by atoms with Crippen LogP contribution in [0.1, 0.15) is 44.6 Å². The summed E-state index contributed by atoms with van der Waals surface area (Å²) in [5.74, 6) is -1.06. The van der Waals surface area contributed by atoms with E-state index in [-0.39, 0.29) is 12.6 Å². The van der Waals surface area contributed by atoms with Crippen molar-refractivity contribution in [2.24, 2.45) is 11.7 Å². The van der Waals surface area contributed by atoms with Crippen LogP contribution in [0.25, 0.3) is 0 Å². The van der Waals surface area contributed by atoms with Gasteiger partial charge >= 0.3 is 6.03 Å². The molecule has 152 valence electrons. The summed E-state index contributed by atoms with van der Waals surface area (Å²) < 4.78 is 13.2. The van der Waals surface area contributed by atoms with Crippen LogP contribution in [0.5, 0.6) is 0 Å². The largest absolute Gasteiger partial charge is 0.350 e. The zero-order valence-corrected chi connectivity index (χ0v) is 16.0. The van der Waals surface area contributed by atoms with E-state index in [1.165, 1.54) is 30.7 Å². The maximum atomic E-state index is 13.2. The Morgan fingerprint density at radius 2 is 1.93 bits per heavy atom. The molecule has 0 radical (unpaired) electrons. The minimum atomic E-state index is -1.33. The van der Waals surface area contributed by atoms with Crippen LogP contribution in [-0.4, -0.2) is 41.9 Å². The minimum Gasteiger partial charge on any atom is -0.350 e. The Bertz CT molecular complexity index is 748. The second kappa shape index (κ2) is 8.26. The Morgan fingerprint density at radius 1 is 1.29 bits per heavy atom. The molecule has 8 heteroatoms. The lowest BCUT2D eigenvalue weighted by molar-refractivity contribution is -0.135. The van der Waals surface area contributed by atoms with Gasteiger partial charge in [0, 0.05) is 12.6 Å². The van der Waals surface area contributed by atoms with Gasteiger partial charge in [0.05, 0.1) is 0 Å². The molecule has 4 N–H and O–H groups in total. The highest BCUT2D eigenvalue weighted by molar-refractivity contribution is 6.09. The molecule has 3 rings (SSSR count). The van der Waals surface area contributed by atoms with Gasteiger partial charge in [0.2, 0.25) is 5.91 Å². The van der Waals surface area contributed by atoms with Crippen LogP contribution in [0, 0.1) is 11.7 Å². The first-order valence-electron chi connectivity index (χ1n) is 9.74. The highest BCUT2D eigenvalue weighted by Gasteiger charge is 2.49. The average Bonchev–Trinajstić information content (AvgIpc) is 2.91. The Morgan fingerprint density at radius 3 is 2.54 bits per heavy atom. The molecule has 0 aromatic heterocycles. The fourth-order valence-corrected chi connectivity index (χ4v) is 4.12. The lowest BCUT2D eigenvalue weighted by atomic mass is 9.84. The highest BCUT2D eigenvalue weighted by atomic mass is 19.1. The number of amides is 4. The third-order valence-corrected chi connectivity index (χ3v) is 5.82. The lowest BCUT2D eigenvalue weighted by Gasteiger charge is -2.30. The number of carbonyl (C=O) groups is 3. The van der Waals surface area contributed by atoms with Crippen LogP contribution >= 0.6 is 0 Å². The van der Waals surface area contributed by atoms with Crippen molar-refractivity contribution in [2.45, 2.75) is 50.6 Å². The number of urea groups is 1. The van der Waals surface area contributed by atoms with E-state index in [2.05, 4.69) is 10.6 Å². The van der Waals surface area contributed by atoms with Crippen LogP contribution in [0.3, 0.4) is 0 Å². The number of nitrogens with two attached hydrogens (primary N) is 1. The fraction of sp³-hybridized carbons (Fsp3) is 0.550. The van der Waals surface area contributed by atoms with Gasteiger partial charge in [0.15, 0.2) is 0 Å². The summed E-state index contributed by atoms with van der Waals surface area (Å²) >= 11 is 0. The number of benzene rings is 1. The zero-order chi connectivity index (χ0) is 20.3. The van der Waals surface area contributed by atoms with E-state index in [1.54, 1.807) is 6.92 Å². The molecule has 1 saturated carbocycles. The van der Waals surface area contributed by atoms with Gasteiger partial charge < -0.3 is 16.4 Å². The fourth-order valence-electron chi connectivity index (χ4n) is 4.12. The number of imide groups is 1. The molecule has 1 aliphatic carbocycles. The summed E-state index contributed by atoms with van der Waals surface area (Å²) in [6.07, 6.45) is 5.49. The molecule has 7 nitrogen and oxygen atoms in total. The van der Waals surface area contributed by atoms with Gasteiger partial charge in [-0.3, -0.25) is 14.5 Å². The molecule has 1 saturated heterocycles. The normalized spacial score (nSPS) is 24.2. The van der Waals surface area contributed by atoms with Crippen LogP contribution in [0.2, 0.25) is 0 Å². The topological polar surface area (TPSA) is 105 Å². The van der Waals surface area contributed by atoms with Crippen molar-refractivity contribution in [3.63, 3.8) is 0 Å². The van der Waals surface area contributed by atoms with Gasteiger partial charge in [0.1, 0.15) is 17.9 Å². The lowest BCUT2D eigenvalue weighted by Crippen LogP contribution is -2.50. The SMILES string of the molecule is CC1(c2ccc(F)cc2)NC(=O)N(CC(=O)NC(CN)C2CCCCC2)C1=O. The number of halogens is 1. The molecule has 2 fully saturated rings. The van der Waals surface area contributed by atoms with Crippen LogP contribution in [0.4, 0.5) is 9.18 Å². The van der Waals surface area contributed by atoms with Crippen LogP contribution < -0.4 is 16.4 Å². The quantitative estimate of drug-likeness (QED) is 0.642. The molecule has 0 spiro atoms. The van der Waals surface area contributed by atoms with E-state index in [4.69, 9.17) is 5.73 Å². The molecule has 28 heavy (non-hydrogen) atoms. The Kier molecular flexibility index (Phi) is 5.98. The van der Waals surface area contributed by atoms with Crippen molar-refractivity contribution >= 4 is 17.8 Å². The smallest absolute Gasteiger partial charge is 0.325 e. The van der Waals surface area contributed by atoms with E-state index in [9.17, 15) is 18.8 Å². The second-order valence-corrected chi connectivity index (χ2v) is 7.76. The molecule has 2 unspecified atom stereocenters. The van der Waals surface area contributed by atoms with Gasteiger partial charge in [-0.25, -0.2) is 9.18 Å². The van der Waals surface area contributed by atoms with Gasteiger partial charge in [-0.1, -0.05) is 31.4 Å². The number of rotatable bonds is 6. The van der Waals surface area contributed by atoms with E-state index in [0.29, 0.717) is 18.0 Å². The summed E-state index contributed by atoms with van der Waals surface area (Å²) in [6, 6.07) is 4.55. The van der Waals surface area contributed by atoms with Gasteiger partial charge in [0.25, 0.3) is 5.91 Å². The standard InChI is InChI=1S/C20H27FN4O3/c1-20(14-7-9-15(21)10-8-14)18(27)25(19(28)24-20)12-17(26)23-16(11-22)13-5-3-2-4-6-13/h7-10,13,16H,2-6,11-12,22H2,1H3,(H,23,26)(H,24,28). The molecule has 4 amide bonds. The third-order valence-electron chi connectivity index (χ3n) is 5.82. The summed E-state index contributed by atoms with van der Waals surface area (Å²) in [7, 11) is 0. The predicted molar refractivity (Wildman–Crippen MR) is 102 cm³/mol. The van der Waals surface area contributed by atoms with Crippen molar-refractivity contribution in [2.75, 3.05) is 13.1 Å². The summed E-state index contributed by atoms with van der Waals surface area (Å²) in [5, 5.41) is 5.50. The van der Waals surface area contributed by atoms with Crippen LogP contribution in [-0.2, 0) is 15.1 Å². The van der Waals surface area contributed by atoms with Gasteiger partial charge in [-0.05, 0) is 43.4 Å². The van der Waals surface area contributed by atoms with Gasteiger partial charge in [-0.2, -0.15) is 0 Å². The summed E-state index contributed by atoms with van der Waals surface area (Å²) in [5.41, 5.74) is 4.96. The predicted octanol–water partition coefficient (Wildman–Crippen LogP) is 1.62. The maximum Gasteiger partial charge on any atom is 0.325 e. The molecule has 2 aliphatic rings. The minimum absolute atomic E-state index is 0.156. The van der Waals surface area contributed by atoms with E-state index in [1.807, 2.05) is 0 Å². The molecular weight excluding hydrogens is 363 g/mol. The van der Waals surface area contributed by atoms with E-state index in [0.717, 1.165) is 30.6 Å². The highest BCUT2D eigenvalue weighted by Crippen LogP contribution is 2.29. The molecule has 1 aromatic rings. The van der Waals surface area contributed by atoms with Gasteiger partial charge in [-0.15, -0.1) is 0 Å². The Balaban J connectivity index is 1.66. The Labute approximate surface area is 163 Å². The summed E-state index contributed by atoms with van der Waals surface area (Å²) in [6.45, 7) is 1.50. The van der Waals surface area contributed by atoms with Crippen molar-refractivity contribution in [3.05, 3.63) is 35.6 Å². The first kappa shape index (κ1) is 20.3. The van der Waals surface area contributed by atoms with Crippen LogP contribution in [0.15, 0.2) is 24.3 Å². The zero-order valence-electron chi connectivity index (χ0n) is 16.0. The molecule has 1 aliphatic heterocycles. The molecule has 0 bridgehead atoms. The molecular formula is C20H27FN4O3. The number of hydrogen-bond donors (Lipinski definition) is 3. The first-order chi connectivity index (χ1) is 13.3. The number of nitrogens with zero attached hydrogens (tertiary/aromatic N) is 1. The number of nitrogens with one attached hydrogen (secondary N) is 2. The monoisotopic (exact) mass is 390 g/mol. The average molecular weight is 390 g/mol. The van der Waals surface area contributed by atoms with E-state index >= 15 is 0 Å². The van der Waals surface area contributed by atoms with E-state index < -0.39 is 29.2 Å². The van der Waals surface area contributed by atoms with Crippen molar-refractivity contribution < 1.29 is 18.8 Å². The number of carbonyl (C=O) groups excluding carboxylic acids is 3.